The molecular weight excluding hydrogens is 351 g/mol. The van der Waals surface area contributed by atoms with Crippen molar-refractivity contribution < 1.29 is 3.07 Å². The third-order valence-corrected chi connectivity index (χ3v) is 10.9. The van der Waals surface area contributed by atoms with Crippen LogP contribution in [-0.4, -0.2) is 26.8 Å². The van der Waals surface area contributed by atoms with E-state index in [-0.39, 0.29) is 0 Å². The fraction of sp³-hybridized carbons (Fsp3) is 1.00. The number of rotatable bonds is 16. The third kappa shape index (κ3) is 15.2. The van der Waals surface area contributed by atoms with Crippen molar-refractivity contribution in [3.05, 3.63) is 0 Å². The quantitative estimate of drug-likeness (QED) is 0.210. The molecule has 0 aromatic rings. The first kappa shape index (κ1) is 20.8. The van der Waals surface area contributed by atoms with Crippen molar-refractivity contribution in [1.82, 2.24) is 0 Å². The van der Waals surface area contributed by atoms with E-state index < -0.39 is 20.2 Å². The molecule has 0 aliphatic heterocycles. The van der Waals surface area contributed by atoms with E-state index in [0.717, 1.165) is 6.61 Å². The minimum absolute atomic E-state index is 1.08. The van der Waals surface area contributed by atoms with Crippen LogP contribution in [0.25, 0.3) is 0 Å². The van der Waals surface area contributed by atoms with Gasteiger partial charge in [0.1, 0.15) is 0 Å². The Balaban J connectivity index is 3.38. The van der Waals surface area contributed by atoms with E-state index in [1.807, 2.05) is 0 Å². The Kier molecular flexibility index (Phi) is 18.5. The van der Waals surface area contributed by atoms with E-state index >= 15 is 0 Å². The van der Waals surface area contributed by atoms with Crippen LogP contribution >= 0.6 is 0 Å². The third-order valence-electron chi connectivity index (χ3n) is 3.92. The molecule has 0 aliphatic rings. The second kappa shape index (κ2) is 17.8. The van der Waals surface area contributed by atoms with Gasteiger partial charge in [0, 0.05) is 0 Å². The van der Waals surface area contributed by atoms with Crippen LogP contribution in [0.4, 0.5) is 0 Å². The van der Waals surface area contributed by atoms with Gasteiger partial charge in [0.25, 0.3) is 0 Å². The fourth-order valence-corrected chi connectivity index (χ4v) is 9.51. The second-order valence-electron chi connectivity index (χ2n) is 6.07. The Hall–Kier alpha value is 0.759. The molecule has 1 radical (unpaired) electrons. The van der Waals surface area contributed by atoms with Crippen molar-refractivity contribution in [2.24, 2.45) is 0 Å². The van der Waals surface area contributed by atoms with Crippen molar-refractivity contribution in [2.75, 3.05) is 6.61 Å². The minimum atomic E-state index is -1.42. The Morgan fingerprint density at radius 3 is 1.50 bits per heavy atom. The first-order chi connectivity index (χ1) is 9.85. The van der Waals surface area contributed by atoms with Crippen LogP contribution in [0.1, 0.15) is 97.8 Å². The summed E-state index contributed by atoms with van der Waals surface area (Å²) in [5.74, 6) is 0. The molecule has 0 heterocycles. The van der Waals surface area contributed by atoms with Crippen LogP contribution in [0, 0.1) is 0 Å². The van der Waals surface area contributed by atoms with E-state index in [9.17, 15) is 0 Å². The van der Waals surface area contributed by atoms with Gasteiger partial charge in [-0.2, -0.15) is 0 Å². The van der Waals surface area contributed by atoms with Gasteiger partial charge in [-0.15, -0.1) is 0 Å². The monoisotopic (exact) mass is 391 g/mol. The maximum absolute atomic E-state index is 6.29. The predicted octanol–water partition coefficient (Wildman–Crippen LogP) is 6.74. The SMILES string of the molecule is CCCCCCCCCC[O][Sn]([CH2]CCC)[CH2]CCC. The summed E-state index contributed by atoms with van der Waals surface area (Å²) in [6.07, 6.45) is 16.8. The van der Waals surface area contributed by atoms with Gasteiger partial charge in [0.2, 0.25) is 0 Å². The van der Waals surface area contributed by atoms with Gasteiger partial charge in [-0.1, -0.05) is 0 Å². The number of hydrogen-bond donors (Lipinski definition) is 0. The first-order valence-corrected chi connectivity index (χ1v) is 14.5. The van der Waals surface area contributed by atoms with E-state index in [4.69, 9.17) is 3.07 Å². The Labute approximate surface area is 136 Å². The molecule has 0 aromatic carbocycles. The molecular formula is C18H39OSn. The molecule has 0 rings (SSSR count). The fourth-order valence-electron chi connectivity index (χ4n) is 2.47. The van der Waals surface area contributed by atoms with E-state index in [0.29, 0.717) is 0 Å². The Morgan fingerprint density at radius 2 is 1.00 bits per heavy atom. The zero-order valence-corrected chi connectivity index (χ0v) is 17.4. The predicted molar refractivity (Wildman–Crippen MR) is 93.7 cm³/mol. The van der Waals surface area contributed by atoms with Crippen LogP contribution in [-0.2, 0) is 3.07 Å². The van der Waals surface area contributed by atoms with E-state index in [2.05, 4.69) is 20.8 Å². The van der Waals surface area contributed by atoms with Gasteiger partial charge < -0.3 is 0 Å². The summed E-state index contributed by atoms with van der Waals surface area (Å²) < 4.78 is 9.22. The molecule has 0 aromatic heterocycles. The molecule has 0 unspecified atom stereocenters. The van der Waals surface area contributed by atoms with E-state index in [1.165, 1.54) is 85.9 Å². The molecule has 0 saturated heterocycles. The summed E-state index contributed by atoms with van der Waals surface area (Å²) in [4.78, 5) is 0. The maximum atomic E-state index is 6.29. The van der Waals surface area contributed by atoms with E-state index in [1.54, 1.807) is 0 Å². The van der Waals surface area contributed by atoms with Crippen LogP contribution < -0.4 is 0 Å². The average molecular weight is 390 g/mol. The molecule has 1 nitrogen and oxygen atoms in total. The van der Waals surface area contributed by atoms with Crippen LogP contribution in [0.2, 0.25) is 8.87 Å². The molecule has 0 amide bonds. The van der Waals surface area contributed by atoms with Crippen LogP contribution in [0.3, 0.4) is 0 Å². The molecule has 0 atom stereocenters. The van der Waals surface area contributed by atoms with Crippen molar-refractivity contribution in [3.63, 3.8) is 0 Å². The zero-order valence-electron chi connectivity index (χ0n) is 14.5. The zero-order chi connectivity index (χ0) is 14.9. The summed E-state index contributed by atoms with van der Waals surface area (Å²) in [5, 5.41) is 0. The Bertz CT molecular complexity index is 165. The van der Waals surface area contributed by atoms with Crippen LogP contribution in [0.15, 0.2) is 0 Å². The summed E-state index contributed by atoms with van der Waals surface area (Å²) in [5.41, 5.74) is 0. The van der Waals surface area contributed by atoms with Gasteiger partial charge in [-0.05, 0) is 0 Å². The van der Waals surface area contributed by atoms with Gasteiger partial charge in [-0.25, -0.2) is 0 Å². The molecule has 0 bridgehead atoms. The summed E-state index contributed by atoms with van der Waals surface area (Å²) in [6, 6.07) is 0. The van der Waals surface area contributed by atoms with Gasteiger partial charge >= 0.3 is 137 Å². The summed E-state index contributed by atoms with van der Waals surface area (Å²) in [7, 11) is 0. The number of hydrogen-bond acceptors (Lipinski definition) is 1. The van der Waals surface area contributed by atoms with Crippen molar-refractivity contribution in [1.29, 1.82) is 0 Å². The number of unbranched alkanes of at least 4 members (excludes halogenated alkanes) is 9. The average Bonchev–Trinajstić information content (AvgIpc) is 2.47. The van der Waals surface area contributed by atoms with Gasteiger partial charge in [0.15, 0.2) is 0 Å². The summed E-state index contributed by atoms with van der Waals surface area (Å²) >= 11 is -1.42. The molecule has 2 heteroatoms. The van der Waals surface area contributed by atoms with Crippen molar-refractivity contribution in [2.45, 2.75) is 107 Å². The standard InChI is InChI=1S/C10H21O.2C4H9.Sn/c1-2-3-4-5-6-7-8-9-10-11;2*1-3-4-2;/h2-10H2,1H3;2*1,3-4H2,2H3;/q-1;;;+1. The van der Waals surface area contributed by atoms with Crippen molar-refractivity contribution >= 4 is 20.2 Å². The van der Waals surface area contributed by atoms with Crippen molar-refractivity contribution in [3.8, 4) is 0 Å². The van der Waals surface area contributed by atoms with Crippen LogP contribution in [0.5, 0.6) is 0 Å². The molecule has 0 N–H and O–H groups in total. The summed E-state index contributed by atoms with van der Waals surface area (Å²) in [6.45, 7) is 7.98. The normalized spacial score (nSPS) is 11.4. The molecule has 20 heavy (non-hydrogen) atoms. The first-order valence-electron chi connectivity index (χ1n) is 9.32. The Morgan fingerprint density at radius 1 is 0.550 bits per heavy atom. The molecule has 0 fully saturated rings. The van der Waals surface area contributed by atoms with Gasteiger partial charge in [-0.3, -0.25) is 0 Å². The molecule has 0 saturated carbocycles. The molecule has 121 valence electrons. The van der Waals surface area contributed by atoms with Gasteiger partial charge in [0.05, 0.1) is 0 Å². The molecule has 0 aliphatic carbocycles. The second-order valence-corrected chi connectivity index (χ2v) is 12.8. The topological polar surface area (TPSA) is 9.23 Å². The molecule has 0 spiro atoms.